The Morgan fingerprint density at radius 1 is 0.967 bits per heavy atom. The predicted molar refractivity (Wildman–Crippen MR) is 120 cm³/mol. The summed E-state index contributed by atoms with van der Waals surface area (Å²) in [5.41, 5.74) is 3.31. The zero-order valence-electron chi connectivity index (χ0n) is 18.9. The minimum atomic E-state index is -0.605. The maximum Gasteiger partial charge on any atom is 0.261 e. The van der Waals surface area contributed by atoms with Crippen LogP contribution in [-0.2, 0) is 16.1 Å². The Labute approximate surface area is 180 Å². The SMILES string of the molecule is Cc1ccccc1CN(C(=O)COc1ccc(C(C)C)cc1)[C@@H](C)C(=O)NC(C)C. The lowest BCUT2D eigenvalue weighted by atomic mass is 10.0. The summed E-state index contributed by atoms with van der Waals surface area (Å²) in [6.07, 6.45) is 0. The fraction of sp³-hybridized carbons (Fsp3) is 0.440. The van der Waals surface area contributed by atoms with Crippen LogP contribution in [0.2, 0.25) is 0 Å². The lowest BCUT2D eigenvalue weighted by molar-refractivity contribution is -0.142. The van der Waals surface area contributed by atoms with Gasteiger partial charge in [-0.1, -0.05) is 50.2 Å². The maximum absolute atomic E-state index is 13.1. The van der Waals surface area contributed by atoms with Crippen LogP contribution in [0.15, 0.2) is 48.5 Å². The van der Waals surface area contributed by atoms with Gasteiger partial charge in [-0.3, -0.25) is 9.59 Å². The van der Waals surface area contributed by atoms with Crippen molar-refractivity contribution in [2.24, 2.45) is 0 Å². The molecule has 2 amide bonds. The van der Waals surface area contributed by atoms with Crippen molar-refractivity contribution in [2.45, 2.75) is 66.1 Å². The Morgan fingerprint density at radius 3 is 2.17 bits per heavy atom. The number of hydrogen-bond acceptors (Lipinski definition) is 3. The molecule has 0 aliphatic carbocycles. The lowest BCUT2D eigenvalue weighted by Crippen LogP contribution is -2.50. The first kappa shape index (κ1) is 23.5. The number of ether oxygens (including phenoxy) is 1. The second kappa shape index (κ2) is 10.8. The zero-order valence-corrected chi connectivity index (χ0v) is 18.9. The summed E-state index contributed by atoms with van der Waals surface area (Å²) in [5.74, 6) is 0.680. The van der Waals surface area contributed by atoms with Gasteiger partial charge < -0.3 is 15.0 Å². The van der Waals surface area contributed by atoms with Crippen LogP contribution in [0.25, 0.3) is 0 Å². The number of hydrogen-bond donors (Lipinski definition) is 1. The third-order valence-electron chi connectivity index (χ3n) is 5.11. The number of rotatable bonds is 9. The second-order valence-corrected chi connectivity index (χ2v) is 8.30. The molecule has 0 aromatic heterocycles. The Hall–Kier alpha value is -2.82. The summed E-state index contributed by atoms with van der Waals surface area (Å²) in [6.45, 7) is 12.1. The second-order valence-electron chi connectivity index (χ2n) is 8.30. The molecule has 2 aromatic rings. The third-order valence-corrected chi connectivity index (χ3v) is 5.11. The number of nitrogens with one attached hydrogen (secondary N) is 1. The molecular formula is C25H34N2O3. The van der Waals surface area contributed by atoms with Crippen LogP contribution in [0.5, 0.6) is 5.75 Å². The van der Waals surface area contributed by atoms with Gasteiger partial charge in [0.2, 0.25) is 5.91 Å². The molecule has 0 aliphatic rings. The van der Waals surface area contributed by atoms with Gasteiger partial charge in [-0.2, -0.15) is 0 Å². The van der Waals surface area contributed by atoms with E-state index in [-0.39, 0.29) is 24.5 Å². The van der Waals surface area contributed by atoms with E-state index in [0.717, 1.165) is 11.1 Å². The summed E-state index contributed by atoms with van der Waals surface area (Å²) >= 11 is 0. The van der Waals surface area contributed by atoms with Crippen LogP contribution in [0.4, 0.5) is 0 Å². The maximum atomic E-state index is 13.1. The molecule has 1 atom stereocenters. The van der Waals surface area contributed by atoms with E-state index in [4.69, 9.17) is 4.74 Å². The van der Waals surface area contributed by atoms with Crippen LogP contribution >= 0.6 is 0 Å². The summed E-state index contributed by atoms with van der Waals surface area (Å²) in [4.78, 5) is 27.3. The Balaban J connectivity index is 2.14. The fourth-order valence-corrected chi connectivity index (χ4v) is 3.14. The van der Waals surface area contributed by atoms with Crippen molar-refractivity contribution in [1.29, 1.82) is 0 Å². The molecule has 0 aliphatic heterocycles. The van der Waals surface area contributed by atoms with Gasteiger partial charge in [0.1, 0.15) is 11.8 Å². The summed E-state index contributed by atoms with van der Waals surface area (Å²) < 4.78 is 5.74. The van der Waals surface area contributed by atoms with Crippen molar-refractivity contribution < 1.29 is 14.3 Å². The minimum Gasteiger partial charge on any atom is -0.484 e. The van der Waals surface area contributed by atoms with Crippen LogP contribution in [-0.4, -0.2) is 35.4 Å². The molecule has 0 spiro atoms. The van der Waals surface area contributed by atoms with Crippen molar-refractivity contribution in [3.05, 3.63) is 65.2 Å². The van der Waals surface area contributed by atoms with Crippen molar-refractivity contribution >= 4 is 11.8 Å². The molecule has 2 aromatic carbocycles. The van der Waals surface area contributed by atoms with Crippen molar-refractivity contribution in [3.63, 3.8) is 0 Å². The molecule has 5 nitrogen and oxygen atoms in total. The number of benzene rings is 2. The Bertz CT molecular complexity index is 844. The van der Waals surface area contributed by atoms with Crippen molar-refractivity contribution in [2.75, 3.05) is 6.61 Å². The van der Waals surface area contributed by atoms with Gasteiger partial charge in [-0.05, 0) is 62.4 Å². The van der Waals surface area contributed by atoms with Gasteiger partial charge in [0.15, 0.2) is 6.61 Å². The monoisotopic (exact) mass is 410 g/mol. The van der Waals surface area contributed by atoms with E-state index in [1.54, 1.807) is 11.8 Å². The average Bonchev–Trinajstić information content (AvgIpc) is 2.70. The van der Waals surface area contributed by atoms with Gasteiger partial charge in [0, 0.05) is 12.6 Å². The first-order valence-electron chi connectivity index (χ1n) is 10.6. The van der Waals surface area contributed by atoms with E-state index in [2.05, 4.69) is 19.2 Å². The number of nitrogens with zero attached hydrogens (tertiary/aromatic N) is 1. The van der Waals surface area contributed by atoms with Crippen LogP contribution < -0.4 is 10.1 Å². The highest BCUT2D eigenvalue weighted by atomic mass is 16.5. The first-order chi connectivity index (χ1) is 14.2. The number of amides is 2. The summed E-state index contributed by atoms with van der Waals surface area (Å²) in [7, 11) is 0. The molecule has 0 saturated heterocycles. The number of carbonyl (C=O) groups is 2. The van der Waals surface area contributed by atoms with Crippen LogP contribution in [0, 0.1) is 6.92 Å². The van der Waals surface area contributed by atoms with E-state index < -0.39 is 6.04 Å². The predicted octanol–water partition coefficient (Wildman–Crippen LogP) is 4.44. The third kappa shape index (κ3) is 6.61. The molecule has 0 radical (unpaired) electrons. The van der Waals surface area contributed by atoms with Gasteiger partial charge in [0.05, 0.1) is 0 Å². The van der Waals surface area contributed by atoms with Crippen LogP contribution in [0.3, 0.4) is 0 Å². The molecule has 0 saturated carbocycles. The lowest BCUT2D eigenvalue weighted by Gasteiger charge is -2.29. The quantitative estimate of drug-likeness (QED) is 0.665. The van der Waals surface area contributed by atoms with E-state index in [1.807, 2.05) is 69.3 Å². The highest BCUT2D eigenvalue weighted by Gasteiger charge is 2.27. The highest BCUT2D eigenvalue weighted by molar-refractivity contribution is 5.88. The van der Waals surface area contributed by atoms with Gasteiger partial charge in [0.25, 0.3) is 5.91 Å². The van der Waals surface area contributed by atoms with E-state index in [0.29, 0.717) is 18.2 Å². The standard InChI is InChI=1S/C25H34N2O3/c1-17(2)21-11-13-23(14-12-21)30-16-24(28)27(20(6)25(29)26-18(3)4)15-22-10-8-7-9-19(22)5/h7-14,17-18,20H,15-16H2,1-6H3,(H,26,29)/t20-/m0/s1. The molecule has 1 N–H and O–H groups in total. The molecule has 0 heterocycles. The normalized spacial score (nSPS) is 12.0. The smallest absolute Gasteiger partial charge is 0.261 e. The summed E-state index contributed by atoms with van der Waals surface area (Å²) in [5, 5.41) is 2.90. The topological polar surface area (TPSA) is 58.6 Å². The number of carbonyl (C=O) groups excluding carboxylic acids is 2. The highest BCUT2D eigenvalue weighted by Crippen LogP contribution is 2.19. The largest absolute Gasteiger partial charge is 0.484 e. The fourth-order valence-electron chi connectivity index (χ4n) is 3.14. The molecular weight excluding hydrogens is 376 g/mol. The van der Waals surface area contributed by atoms with E-state index >= 15 is 0 Å². The van der Waals surface area contributed by atoms with Gasteiger partial charge in [-0.15, -0.1) is 0 Å². The molecule has 0 bridgehead atoms. The average molecular weight is 411 g/mol. The van der Waals surface area contributed by atoms with Gasteiger partial charge in [-0.25, -0.2) is 0 Å². The van der Waals surface area contributed by atoms with Crippen molar-refractivity contribution in [3.8, 4) is 5.75 Å². The van der Waals surface area contributed by atoms with Gasteiger partial charge >= 0.3 is 0 Å². The van der Waals surface area contributed by atoms with Crippen LogP contribution in [0.1, 0.15) is 57.2 Å². The zero-order chi connectivity index (χ0) is 22.3. The molecule has 5 heteroatoms. The molecule has 0 unspecified atom stereocenters. The Kier molecular flexibility index (Phi) is 8.46. The number of aryl methyl sites for hydroxylation is 1. The molecule has 30 heavy (non-hydrogen) atoms. The van der Waals surface area contributed by atoms with E-state index in [9.17, 15) is 9.59 Å². The minimum absolute atomic E-state index is 0.00563. The first-order valence-corrected chi connectivity index (χ1v) is 10.6. The molecule has 0 fully saturated rings. The molecule has 162 valence electrons. The summed E-state index contributed by atoms with van der Waals surface area (Å²) in [6, 6.07) is 15.1. The van der Waals surface area contributed by atoms with E-state index in [1.165, 1.54) is 5.56 Å². The molecule has 2 rings (SSSR count). The van der Waals surface area contributed by atoms with Crippen molar-refractivity contribution in [1.82, 2.24) is 10.2 Å². The Morgan fingerprint density at radius 2 is 1.60 bits per heavy atom.